The quantitative estimate of drug-likeness (QED) is 0.755. The second kappa shape index (κ2) is 6.17. The van der Waals surface area contributed by atoms with Gasteiger partial charge in [-0.1, -0.05) is 0 Å². The van der Waals surface area contributed by atoms with Crippen LogP contribution in [0.3, 0.4) is 0 Å². The zero-order valence-electron chi connectivity index (χ0n) is 11.8. The third-order valence-corrected chi connectivity index (χ3v) is 3.87. The maximum absolute atomic E-state index is 12.0. The summed E-state index contributed by atoms with van der Waals surface area (Å²) in [6, 6.07) is 6.99. The third kappa shape index (κ3) is 3.10. The topological polar surface area (TPSA) is 88.5 Å². The number of carbonyl (C=O) groups is 1. The van der Waals surface area contributed by atoms with Crippen molar-refractivity contribution >= 4 is 17.2 Å². The number of nitrogens with one attached hydrogen (secondary N) is 1. The van der Waals surface area contributed by atoms with Gasteiger partial charge in [-0.3, -0.25) is 4.79 Å². The highest BCUT2D eigenvalue weighted by Gasteiger charge is 2.16. The second-order valence-corrected chi connectivity index (χ2v) is 5.55. The second-order valence-electron chi connectivity index (χ2n) is 4.69. The summed E-state index contributed by atoms with van der Waals surface area (Å²) in [5, 5.41) is 14.8. The van der Waals surface area contributed by atoms with Gasteiger partial charge < -0.3 is 19.3 Å². The van der Waals surface area contributed by atoms with Crippen molar-refractivity contribution in [2.75, 3.05) is 6.54 Å². The molecule has 0 aliphatic carbocycles. The Hall–Kier alpha value is -2.38. The van der Waals surface area contributed by atoms with Crippen LogP contribution in [0.15, 0.2) is 44.7 Å². The van der Waals surface area contributed by atoms with Gasteiger partial charge in [-0.2, -0.15) is 0 Å². The Bertz CT molecular complexity index is 760. The predicted octanol–water partition coefficient (Wildman–Crippen LogP) is 2.77. The lowest BCUT2D eigenvalue weighted by Gasteiger charge is -2.08. The van der Waals surface area contributed by atoms with E-state index in [0.717, 1.165) is 5.76 Å². The fourth-order valence-corrected chi connectivity index (χ4v) is 2.66. The Morgan fingerprint density at radius 1 is 1.45 bits per heavy atom. The molecule has 1 amide bonds. The first kappa shape index (κ1) is 14.6. The average Bonchev–Trinajstić information content (AvgIpc) is 3.23. The normalized spacial score (nSPS) is 12.3. The highest BCUT2D eigenvalue weighted by Crippen LogP contribution is 2.25. The highest BCUT2D eigenvalue weighted by atomic mass is 32.1. The third-order valence-electron chi connectivity index (χ3n) is 3.02. The summed E-state index contributed by atoms with van der Waals surface area (Å²) in [5.74, 6) is 1.48. The molecule has 0 bridgehead atoms. The smallest absolute Gasteiger partial charge is 0.270 e. The molecule has 3 aromatic heterocycles. The summed E-state index contributed by atoms with van der Waals surface area (Å²) in [4.78, 5) is 16.3. The summed E-state index contributed by atoms with van der Waals surface area (Å²) in [5.41, 5.74) is 0.292. The van der Waals surface area contributed by atoms with Gasteiger partial charge in [0.1, 0.15) is 23.3 Å². The van der Waals surface area contributed by atoms with E-state index in [0.29, 0.717) is 22.2 Å². The number of thiazole rings is 1. The van der Waals surface area contributed by atoms with Crippen LogP contribution in [0, 0.1) is 6.92 Å². The maximum Gasteiger partial charge on any atom is 0.270 e. The summed E-state index contributed by atoms with van der Waals surface area (Å²) in [6.45, 7) is 1.90. The molecule has 114 valence electrons. The van der Waals surface area contributed by atoms with Crippen molar-refractivity contribution in [2.45, 2.75) is 13.0 Å². The van der Waals surface area contributed by atoms with Crippen LogP contribution in [0.2, 0.25) is 0 Å². The Labute approximate surface area is 130 Å². The maximum atomic E-state index is 12.0. The summed E-state index contributed by atoms with van der Waals surface area (Å²) in [6.07, 6.45) is 0.586. The zero-order valence-corrected chi connectivity index (χ0v) is 12.6. The van der Waals surface area contributed by atoms with Crippen molar-refractivity contribution in [1.29, 1.82) is 0 Å². The van der Waals surface area contributed by atoms with Crippen LogP contribution in [0.4, 0.5) is 0 Å². The number of nitrogens with zero attached hydrogens (tertiary/aromatic N) is 1. The standard InChI is InChI=1S/C15H14N2O4S/c1-9-4-5-13(21-9)15-17-10(8-22-15)14(19)16-7-11(18)12-3-2-6-20-12/h2-6,8,11,18H,7H2,1H3,(H,16,19). The molecule has 1 atom stereocenters. The van der Waals surface area contributed by atoms with Gasteiger partial charge in [0.25, 0.3) is 5.91 Å². The minimum absolute atomic E-state index is 0.0546. The van der Waals surface area contributed by atoms with E-state index in [4.69, 9.17) is 8.83 Å². The summed E-state index contributed by atoms with van der Waals surface area (Å²) >= 11 is 1.33. The van der Waals surface area contributed by atoms with E-state index < -0.39 is 6.10 Å². The molecule has 0 aromatic carbocycles. The van der Waals surface area contributed by atoms with E-state index in [2.05, 4.69) is 10.3 Å². The van der Waals surface area contributed by atoms with Crippen LogP contribution in [0.1, 0.15) is 28.1 Å². The zero-order chi connectivity index (χ0) is 15.5. The fourth-order valence-electron chi connectivity index (χ4n) is 1.90. The van der Waals surface area contributed by atoms with Crippen LogP contribution in [0.5, 0.6) is 0 Å². The number of furan rings is 2. The van der Waals surface area contributed by atoms with Crippen LogP contribution >= 0.6 is 11.3 Å². The van der Waals surface area contributed by atoms with Gasteiger partial charge in [-0.25, -0.2) is 4.98 Å². The molecule has 7 heteroatoms. The molecule has 3 heterocycles. The van der Waals surface area contributed by atoms with Gasteiger partial charge in [0.2, 0.25) is 0 Å². The Balaban J connectivity index is 1.62. The van der Waals surface area contributed by atoms with Gasteiger partial charge in [-0.05, 0) is 31.2 Å². The number of aryl methyl sites for hydroxylation is 1. The van der Waals surface area contributed by atoms with Gasteiger partial charge >= 0.3 is 0 Å². The van der Waals surface area contributed by atoms with Crippen molar-refractivity contribution in [3.8, 4) is 10.8 Å². The molecule has 1 unspecified atom stereocenters. The van der Waals surface area contributed by atoms with Crippen molar-refractivity contribution < 1.29 is 18.7 Å². The largest absolute Gasteiger partial charge is 0.467 e. The lowest BCUT2D eigenvalue weighted by atomic mass is 10.2. The first-order valence-electron chi connectivity index (χ1n) is 6.65. The van der Waals surface area contributed by atoms with Gasteiger partial charge in [0.15, 0.2) is 10.8 Å². The summed E-state index contributed by atoms with van der Waals surface area (Å²) in [7, 11) is 0. The minimum atomic E-state index is -0.884. The lowest BCUT2D eigenvalue weighted by Crippen LogP contribution is -2.28. The van der Waals surface area contributed by atoms with E-state index >= 15 is 0 Å². The molecule has 0 fully saturated rings. The van der Waals surface area contributed by atoms with Crippen LogP contribution in [-0.2, 0) is 0 Å². The number of carbonyl (C=O) groups excluding carboxylic acids is 1. The Morgan fingerprint density at radius 2 is 2.32 bits per heavy atom. The number of aliphatic hydroxyl groups is 1. The van der Waals surface area contributed by atoms with Crippen LogP contribution in [0.25, 0.3) is 10.8 Å². The molecule has 22 heavy (non-hydrogen) atoms. The predicted molar refractivity (Wildman–Crippen MR) is 80.6 cm³/mol. The Morgan fingerprint density at radius 3 is 3.00 bits per heavy atom. The van der Waals surface area contributed by atoms with Gasteiger partial charge in [0.05, 0.1) is 12.8 Å². The summed E-state index contributed by atoms with van der Waals surface area (Å²) < 4.78 is 10.5. The number of hydrogen-bond acceptors (Lipinski definition) is 6. The number of hydrogen-bond donors (Lipinski definition) is 2. The molecular formula is C15H14N2O4S. The molecule has 3 aromatic rings. The number of aromatic nitrogens is 1. The van der Waals surface area contributed by atoms with E-state index in [9.17, 15) is 9.90 Å². The van der Waals surface area contributed by atoms with Gasteiger partial charge in [0, 0.05) is 5.38 Å². The molecule has 0 spiro atoms. The number of amides is 1. The van der Waals surface area contributed by atoms with E-state index in [-0.39, 0.29) is 12.5 Å². The van der Waals surface area contributed by atoms with Crippen molar-refractivity contribution in [3.63, 3.8) is 0 Å². The molecule has 0 aliphatic rings. The van der Waals surface area contributed by atoms with Crippen LogP contribution in [-0.4, -0.2) is 22.5 Å². The van der Waals surface area contributed by atoms with Crippen molar-refractivity contribution in [2.24, 2.45) is 0 Å². The first-order chi connectivity index (χ1) is 10.6. The molecular weight excluding hydrogens is 304 g/mol. The number of aliphatic hydroxyl groups excluding tert-OH is 1. The fraction of sp³-hybridized carbons (Fsp3) is 0.200. The van der Waals surface area contributed by atoms with E-state index in [1.807, 2.05) is 19.1 Å². The van der Waals surface area contributed by atoms with E-state index in [1.54, 1.807) is 17.5 Å². The molecule has 0 aliphatic heterocycles. The van der Waals surface area contributed by atoms with Gasteiger partial charge in [-0.15, -0.1) is 11.3 Å². The van der Waals surface area contributed by atoms with Crippen molar-refractivity contribution in [3.05, 3.63) is 53.1 Å². The van der Waals surface area contributed by atoms with Crippen molar-refractivity contribution in [1.82, 2.24) is 10.3 Å². The molecule has 0 saturated heterocycles. The average molecular weight is 318 g/mol. The lowest BCUT2D eigenvalue weighted by molar-refractivity contribution is 0.0897. The highest BCUT2D eigenvalue weighted by molar-refractivity contribution is 7.13. The molecule has 3 rings (SSSR count). The number of rotatable bonds is 5. The first-order valence-corrected chi connectivity index (χ1v) is 7.53. The SMILES string of the molecule is Cc1ccc(-c2nc(C(=O)NCC(O)c3ccco3)cs2)o1. The molecule has 0 saturated carbocycles. The van der Waals surface area contributed by atoms with E-state index in [1.165, 1.54) is 17.6 Å². The Kier molecular flexibility index (Phi) is 4.08. The monoisotopic (exact) mass is 318 g/mol. The minimum Gasteiger partial charge on any atom is -0.467 e. The molecule has 2 N–H and O–H groups in total. The molecule has 0 radical (unpaired) electrons. The molecule has 6 nitrogen and oxygen atoms in total. The van der Waals surface area contributed by atoms with Crippen LogP contribution < -0.4 is 5.32 Å².